The summed E-state index contributed by atoms with van der Waals surface area (Å²) in [5.74, 6) is -0.916. The summed E-state index contributed by atoms with van der Waals surface area (Å²) < 4.78 is 6.68. The van der Waals surface area contributed by atoms with E-state index in [0.29, 0.717) is 11.1 Å². The van der Waals surface area contributed by atoms with E-state index in [1.54, 1.807) is 24.5 Å². The summed E-state index contributed by atoms with van der Waals surface area (Å²) in [7, 11) is 1.29. The Morgan fingerprint density at radius 3 is 2.56 bits per heavy atom. The zero-order chi connectivity index (χ0) is 18.4. The Hall–Kier alpha value is -2.70. The van der Waals surface area contributed by atoms with E-state index in [1.807, 2.05) is 11.6 Å². The molecule has 0 saturated carbocycles. The molecule has 0 spiro atoms. The Bertz CT molecular complexity index is 723. The zero-order valence-corrected chi connectivity index (χ0v) is 15.0. The second kappa shape index (κ2) is 8.41. The molecule has 2 heterocycles. The van der Waals surface area contributed by atoms with Crippen LogP contribution in [-0.4, -0.2) is 33.8 Å². The SMILES string of the molecule is CCC(CC)n1ncc(C(=O)NC(C(=O)OC)c2cccnc2)c1C. The van der Waals surface area contributed by atoms with Crippen LogP contribution in [0, 0.1) is 6.92 Å². The number of carbonyl (C=O) groups excluding carboxylic acids is 2. The fourth-order valence-corrected chi connectivity index (χ4v) is 2.80. The minimum absolute atomic E-state index is 0.247. The molecule has 1 unspecified atom stereocenters. The molecular weight excluding hydrogens is 320 g/mol. The molecule has 0 fully saturated rings. The maximum Gasteiger partial charge on any atom is 0.333 e. The lowest BCUT2D eigenvalue weighted by atomic mass is 10.1. The van der Waals surface area contributed by atoms with Crippen molar-refractivity contribution < 1.29 is 14.3 Å². The lowest BCUT2D eigenvalue weighted by Crippen LogP contribution is -2.34. The van der Waals surface area contributed by atoms with Crippen LogP contribution in [0.1, 0.15) is 60.4 Å². The number of esters is 1. The van der Waals surface area contributed by atoms with Crippen molar-refractivity contribution in [3.05, 3.63) is 47.5 Å². The Morgan fingerprint density at radius 2 is 2.00 bits per heavy atom. The van der Waals surface area contributed by atoms with Gasteiger partial charge in [0.1, 0.15) is 0 Å². The predicted octanol–water partition coefficient (Wildman–Crippen LogP) is 2.59. The van der Waals surface area contributed by atoms with Gasteiger partial charge in [-0.25, -0.2) is 4.79 Å². The normalized spacial score (nSPS) is 12.0. The molecule has 0 radical (unpaired) electrons. The number of nitrogens with one attached hydrogen (secondary N) is 1. The van der Waals surface area contributed by atoms with Gasteiger partial charge in [-0.2, -0.15) is 5.10 Å². The van der Waals surface area contributed by atoms with Crippen molar-refractivity contribution in [1.82, 2.24) is 20.1 Å². The molecule has 0 aliphatic carbocycles. The average Bonchev–Trinajstić information content (AvgIpc) is 3.02. The molecule has 2 rings (SSSR count). The molecule has 0 aliphatic rings. The number of methoxy groups -OCH3 is 1. The summed E-state index contributed by atoms with van der Waals surface area (Å²) in [4.78, 5) is 28.8. The number of nitrogens with zero attached hydrogens (tertiary/aromatic N) is 3. The van der Waals surface area contributed by atoms with Gasteiger partial charge in [-0.15, -0.1) is 0 Å². The van der Waals surface area contributed by atoms with Gasteiger partial charge in [-0.3, -0.25) is 14.5 Å². The second-order valence-electron chi connectivity index (χ2n) is 5.77. The monoisotopic (exact) mass is 344 g/mol. The highest BCUT2D eigenvalue weighted by atomic mass is 16.5. The first-order chi connectivity index (χ1) is 12.0. The number of rotatable bonds is 7. The average molecular weight is 344 g/mol. The van der Waals surface area contributed by atoms with Gasteiger partial charge in [0.2, 0.25) is 0 Å². The van der Waals surface area contributed by atoms with Crippen molar-refractivity contribution >= 4 is 11.9 Å². The topological polar surface area (TPSA) is 86.1 Å². The minimum Gasteiger partial charge on any atom is -0.467 e. The fraction of sp³-hybridized carbons (Fsp3) is 0.444. The number of amides is 1. The van der Waals surface area contributed by atoms with Crippen LogP contribution in [0.3, 0.4) is 0 Å². The number of pyridine rings is 1. The summed E-state index contributed by atoms with van der Waals surface area (Å²) in [6.07, 6.45) is 6.54. The van der Waals surface area contributed by atoms with Crippen molar-refractivity contribution in [3.8, 4) is 0 Å². The molecule has 0 bridgehead atoms. The first-order valence-corrected chi connectivity index (χ1v) is 8.36. The zero-order valence-electron chi connectivity index (χ0n) is 15.0. The van der Waals surface area contributed by atoms with Crippen LogP contribution in [0.4, 0.5) is 0 Å². The number of aromatic nitrogens is 3. The number of carbonyl (C=O) groups is 2. The lowest BCUT2D eigenvalue weighted by Gasteiger charge is -2.17. The molecule has 0 aliphatic heterocycles. The Balaban J connectivity index is 2.26. The Kier molecular flexibility index (Phi) is 6.27. The van der Waals surface area contributed by atoms with Gasteiger partial charge < -0.3 is 10.1 Å². The summed E-state index contributed by atoms with van der Waals surface area (Å²) in [5.41, 5.74) is 1.79. The van der Waals surface area contributed by atoms with Gasteiger partial charge in [0.05, 0.1) is 24.9 Å². The highest BCUT2D eigenvalue weighted by Gasteiger charge is 2.26. The standard InChI is InChI=1S/C18H24N4O3/c1-5-14(6-2)22-12(3)15(11-20-22)17(23)21-16(18(24)25-4)13-8-7-9-19-10-13/h7-11,14,16H,5-6H2,1-4H3,(H,21,23). The first-order valence-electron chi connectivity index (χ1n) is 8.36. The van der Waals surface area contributed by atoms with Gasteiger partial charge >= 0.3 is 5.97 Å². The number of ether oxygens (including phenoxy) is 1. The molecule has 1 atom stereocenters. The van der Waals surface area contributed by atoms with Crippen LogP contribution < -0.4 is 5.32 Å². The third kappa shape index (κ3) is 4.04. The second-order valence-corrected chi connectivity index (χ2v) is 5.77. The number of hydrogen-bond acceptors (Lipinski definition) is 5. The molecule has 0 saturated heterocycles. The van der Waals surface area contributed by atoms with Gasteiger partial charge in [-0.05, 0) is 25.8 Å². The highest BCUT2D eigenvalue weighted by molar-refractivity contribution is 5.97. The molecule has 0 aromatic carbocycles. The molecule has 2 aromatic heterocycles. The van der Waals surface area contributed by atoms with E-state index < -0.39 is 12.0 Å². The van der Waals surface area contributed by atoms with Crippen molar-refractivity contribution in [2.75, 3.05) is 7.11 Å². The molecule has 1 N–H and O–H groups in total. The molecule has 1 amide bonds. The minimum atomic E-state index is -0.915. The van der Waals surface area contributed by atoms with E-state index in [2.05, 4.69) is 29.2 Å². The molecular formula is C18H24N4O3. The van der Waals surface area contributed by atoms with Gasteiger partial charge in [0.15, 0.2) is 6.04 Å². The fourth-order valence-electron chi connectivity index (χ4n) is 2.80. The highest BCUT2D eigenvalue weighted by Crippen LogP contribution is 2.20. The largest absolute Gasteiger partial charge is 0.467 e. The van der Waals surface area contributed by atoms with Crippen molar-refractivity contribution in [2.45, 2.75) is 45.7 Å². The van der Waals surface area contributed by atoms with Gasteiger partial charge in [0, 0.05) is 23.7 Å². The van der Waals surface area contributed by atoms with Crippen molar-refractivity contribution in [2.24, 2.45) is 0 Å². The van der Waals surface area contributed by atoms with Gasteiger partial charge in [0.25, 0.3) is 5.91 Å². The first kappa shape index (κ1) is 18.6. The van der Waals surface area contributed by atoms with E-state index >= 15 is 0 Å². The molecule has 7 heteroatoms. The molecule has 7 nitrogen and oxygen atoms in total. The third-order valence-electron chi connectivity index (χ3n) is 4.31. The van der Waals surface area contributed by atoms with Crippen LogP contribution in [0.25, 0.3) is 0 Å². The summed E-state index contributed by atoms with van der Waals surface area (Å²) in [6, 6.07) is 2.75. The summed E-state index contributed by atoms with van der Waals surface area (Å²) >= 11 is 0. The Morgan fingerprint density at radius 1 is 1.28 bits per heavy atom. The van der Waals surface area contributed by atoms with Crippen LogP contribution in [0.2, 0.25) is 0 Å². The maximum absolute atomic E-state index is 12.7. The quantitative estimate of drug-likeness (QED) is 0.780. The molecule has 134 valence electrons. The van der Waals surface area contributed by atoms with Gasteiger partial charge in [-0.1, -0.05) is 19.9 Å². The van der Waals surface area contributed by atoms with Crippen molar-refractivity contribution in [1.29, 1.82) is 0 Å². The van der Waals surface area contributed by atoms with Crippen LogP contribution in [0.15, 0.2) is 30.7 Å². The van der Waals surface area contributed by atoms with Crippen LogP contribution >= 0.6 is 0 Å². The predicted molar refractivity (Wildman–Crippen MR) is 93.0 cm³/mol. The number of hydrogen-bond donors (Lipinski definition) is 1. The smallest absolute Gasteiger partial charge is 0.333 e. The lowest BCUT2D eigenvalue weighted by molar-refractivity contribution is -0.143. The summed E-state index contributed by atoms with van der Waals surface area (Å²) in [6.45, 7) is 6.03. The Labute approximate surface area is 147 Å². The third-order valence-corrected chi connectivity index (χ3v) is 4.31. The maximum atomic E-state index is 12.7. The van der Waals surface area contributed by atoms with E-state index in [9.17, 15) is 9.59 Å². The molecule has 2 aromatic rings. The van der Waals surface area contributed by atoms with E-state index in [-0.39, 0.29) is 11.9 Å². The summed E-state index contributed by atoms with van der Waals surface area (Å²) in [5, 5.41) is 7.07. The van der Waals surface area contributed by atoms with Crippen molar-refractivity contribution in [3.63, 3.8) is 0 Å². The van der Waals surface area contributed by atoms with E-state index in [1.165, 1.54) is 13.3 Å². The van der Waals surface area contributed by atoms with E-state index in [0.717, 1.165) is 18.5 Å². The molecule has 25 heavy (non-hydrogen) atoms. The van der Waals surface area contributed by atoms with E-state index in [4.69, 9.17) is 4.74 Å². The van der Waals surface area contributed by atoms with Crippen LogP contribution in [0.5, 0.6) is 0 Å². The van der Waals surface area contributed by atoms with Crippen LogP contribution in [-0.2, 0) is 9.53 Å².